The second-order valence-electron chi connectivity index (χ2n) is 13.0. The number of hydrogen-bond donors (Lipinski definition) is 0. The Balaban J connectivity index is 1.12. The molecular formula is C45H34N2S. The fourth-order valence-electron chi connectivity index (χ4n) is 7.42. The topological polar surface area (TPSA) is 8.17 Å². The number of rotatable bonds is 5. The summed E-state index contributed by atoms with van der Waals surface area (Å²) in [4.78, 5) is 5.03. The third-order valence-electron chi connectivity index (χ3n) is 9.84. The van der Waals surface area contributed by atoms with Gasteiger partial charge in [-0.25, -0.2) is 0 Å². The summed E-state index contributed by atoms with van der Waals surface area (Å²) in [5.41, 5.74) is 12.2. The Hall–Kier alpha value is -5.51. The average molecular weight is 635 g/mol. The van der Waals surface area contributed by atoms with Gasteiger partial charge in [0.25, 0.3) is 0 Å². The number of aromatic nitrogens is 1. The number of hydrogen-bond acceptors (Lipinski definition) is 2. The molecule has 0 N–H and O–H groups in total. The first-order valence-electron chi connectivity index (χ1n) is 16.5. The number of anilines is 3. The zero-order valence-electron chi connectivity index (χ0n) is 27.0. The van der Waals surface area contributed by atoms with Crippen LogP contribution in [0, 0.1) is 0 Å². The van der Waals surface area contributed by atoms with E-state index in [0.717, 1.165) is 17.1 Å². The molecule has 0 aliphatic carbocycles. The SMILES string of the molecule is CC1(C)c2ccccc2Sc2cc(N(c3ccccc3)c3ccc(-c4ccc5c(c4)c4ccccc4n5-c4ccccc4)cc3)ccc21. The summed E-state index contributed by atoms with van der Waals surface area (Å²) < 4.78 is 2.37. The lowest BCUT2D eigenvalue weighted by atomic mass is 9.77. The van der Waals surface area contributed by atoms with Crippen molar-refractivity contribution >= 4 is 50.6 Å². The highest BCUT2D eigenvalue weighted by Gasteiger charge is 2.33. The van der Waals surface area contributed by atoms with Gasteiger partial charge in [-0.15, -0.1) is 0 Å². The fourth-order valence-corrected chi connectivity index (χ4v) is 8.85. The van der Waals surface area contributed by atoms with E-state index in [1.165, 1.54) is 59.5 Å². The van der Waals surface area contributed by atoms with E-state index in [1.54, 1.807) is 0 Å². The average Bonchev–Trinajstić information content (AvgIpc) is 3.47. The molecule has 2 nitrogen and oxygen atoms in total. The summed E-state index contributed by atoms with van der Waals surface area (Å²) in [6.45, 7) is 4.68. The first kappa shape index (κ1) is 28.7. The molecule has 48 heavy (non-hydrogen) atoms. The van der Waals surface area contributed by atoms with E-state index < -0.39 is 0 Å². The molecule has 0 atom stereocenters. The smallest absolute Gasteiger partial charge is 0.0541 e. The number of para-hydroxylation sites is 3. The van der Waals surface area contributed by atoms with Crippen molar-refractivity contribution in [3.63, 3.8) is 0 Å². The van der Waals surface area contributed by atoms with Gasteiger partial charge in [0.05, 0.1) is 11.0 Å². The number of nitrogens with zero attached hydrogens (tertiary/aromatic N) is 2. The van der Waals surface area contributed by atoms with Crippen LogP contribution in [0.1, 0.15) is 25.0 Å². The molecule has 2 heterocycles. The van der Waals surface area contributed by atoms with Crippen molar-refractivity contribution in [2.24, 2.45) is 0 Å². The van der Waals surface area contributed by atoms with Crippen LogP contribution in [0.2, 0.25) is 0 Å². The molecule has 0 fully saturated rings. The lowest BCUT2D eigenvalue weighted by Gasteiger charge is -2.35. The molecule has 3 heteroatoms. The molecule has 1 aromatic heterocycles. The lowest BCUT2D eigenvalue weighted by molar-refractivity contribution is 0.607. The third-order valence-corrected chi connectivity index (χ3v) is 11.0. The zero-order chi connectivity index (χ0) is 32.2. The van der Waals surface area contributed by atoms with Crippen LogP contribution in [0.5, 0.6) is 0 Å². The normalized spacial score (nSPS) is 13.3. The Kier molecular flexibility index (Phi) is 6.77. The Bertz CT molecular complexity index is 2440. The molecular weight excluding hydrogens is 601 g/mol. The van der Waals surface area contributed by atoms with Crippen LogP contribution in [0.4, 0.5) is 17.1 Å². The molecule has 0 amide bonds. The van der Waals surface area contributed by atoms with Crippen molar-refractivity contribution < 1.29 is 0 Å². The van der Waals surface area contributed by atoms with E-state index in [4.69, 9.17) is 0 Å². The Labute approximate surface area is 285 Å². The highest BCUT2D eigenvalue weighted by molar-refractivity contribution is 7.99. The monoisotopic (exact) mass is 634 g/mol. The first-order valence-corrected chi connectivity index (χ1v) is 17.3. The maximum atomic E-state index is 2.37. The van der Waals surface area contributed by atoms with Gasteiger partial charge in [0.2, 0.25) is 0 Å². The summed E-state index contributed by atoms with van der Waals surface area (Å²) in [7, 11) is 0. The summed E-state index contributed by atoms with van der Waals surface area (Å²) in [6, 6.07) is 61.8. The molecule has 230 valence electrons. The minimum Gasteiger partial charge on any atom is -0.310 e. The minimum absolute atomic E-state index is 0.0521. The van der Waals surface area contributed by atoms with Crippen molar-refractivity contribution in [1.29, 1.82) is 0 Å². The molecule has 0 unspecified atom stereocenters. The van der Waals surface area contributed by atoms with Gasteiger partial charge in [-0.3, -0.25) is 0 Å². The molecule has 8 aromatic rings. The van der Waals surface area contributed by atoms with Gasteiger partial charge < -0.3 is 9.47 Å². The van der Waals surface area contributed by atoms with Crippen LogP contribution >= 0.6 is 11.8 Å². The number of benzene rings is 7. The van der Waals surface area contributed by atoms with Gasteiger partial charge in [0.15, 0.2) is 0 Å². The molecule has 7 aromatic carbocycles. The van der Waals surface area contributed by atoms with Gasteiger partial charge in [0.1, 0.15) is 0 Å². The van der Waals surface area contributed by atoms with Crippen LogP contribution in [0.15, 0.2) is 180 Å². The summed E-state index contributed by atoms with van der Waals surface area (Å²) in [5.74, 6) is 0. The largest absolute Gasteiger partial charge is 0.310 e. The Morgan fingerprint density at radius 3 is 1.88 bits per heavy atom. The van der Waals surface area contributed by atoms with E-state index in [1.807, 2.05) is 11.8 Å². The maximum absolute atomic E-state index is 2.37. The molecule has 0 radical (unpaired) electrons. The molecule has 0 saturated heterocycles. The molecule has 1 aliphatic rings. The van der Waals surface area contributed by atoms with E-state index in [-0.39, 0.29) is 5.41 Å². The van der Waals surface area contributed by atoms with Gasteiger partial charge in [-0.2, -0.15) is 0 Å². The van der Waals surface area contributed by atoms with Gasteiger partial charge in [-0.05, 0) is 95.1 Å². The van der Waals surface area contributed by atoms with Crippen LogP contribution in [0.3, 0.4) is 0 Å². The van der Waals surface area contributed by atoms with Crippen molar-refractivity contribution in [1.82, 2.24) is 4.57 Å². The minimum atomic E-state index is -0.0521. The second-order valence-corrected chi connectivity index (χ2v) is 14.1. The Morgan fingerprint density at radius 2 is 1.06 bits per heavy atom. The predicted octanol–water partition coefficient (Wildman–Crippen LogP) is 12.7. The highest BCUT2D eigenvalue weighted by Crippen LogP contribution is 2.50. The molecule has 0 saturated carbocycles. The van der Waals surface area contributed by atoms with E-state index in [0.29, 0.717) is 0 Å². The van der Waals surface area contributed by atoms with Crippen LogP contribution < -0.4 is 4.90 Å². The molecule has 0 bridgehead atoms. The predicted molar refractivity (Wildman–Crippen MR) is 204 cm³/mol. The molecule has 9 rings (SSSR count). The highest BCUT2D eigenvalue weighted by atomic mass is 32.2. The summed E-state index contributed by atoms with van der Waals surface area (Å²) >= 11 is 1.88. The van der Waals surface area contributed by atoms with Gasteiger partial charge in [0, 0.05) is 48.7 Å². The fraction of sp³-hybridized carbons (Fsp3) is 0.0667. The summed E-state index contributed by atoms with van der Waals surface area (Å²) in [6.07, 6.45) is 0. The van der Waals surface area contributed by atoms with Gasteiger partial charge in [-0.1, -0.05) is 123 Å². The summed E-state index contributed by atoms with van der Waals surface area (Å²) in [5, 5.41) is 2.53. The number of fused-ring (bicyclic) bond motifs is 5. The third kappa shape index (κ3) is 4.65. The second kappa shape index (κ2) is 11.3. The van der Waals surface area contributed by atoms with Gasteiger partial charge >= 0.3 is 0 Å². The van der Waals surface area contributed by atoms with Crippen LogP contribution in [0.25, 0.3) is 38.6 Å². The maximum Gasteiger partial charge on any atom is 0.0541 e. The van der Waals surface area contributed by atoms with Crippen LogP contribution in [-0.4, -0.2) is 4.57 Å². The Morgan fingerprint density at radius 1 is 0.458 bits per heavy atom. The zero-order valence-corrected chi connectivity index (χ0v) is 27.8. The van der Waals surface area contributed by atoms with E-state index in [9.17, 15) is 0 Å². The quantitative estimate of drug-likeness (QED) is 0.186. The molecule has 1 aliphatic heterocycles. The lowest BCUT2D eigenvalue weighted by Crippen LogP contribution is -2.24. The first-order chi connectivity index (χ1) is 23.6. The van der Waals surface area contributed by atoms with Crippen molar-refractivity contribution in [3.8, 4) is 16.8 Å². The van der Waals surface area contributed by atoms with Crippen molar-refractivity contribution in [2.75, 3.05) is 4.90 Å². The molecule has 0 spiro atoms. The van der Waals surface area contributed by atoms with Crippen molar-refractivity contribution in [2.45, 2.75) is 29.1 Å². The van der Waals surface area contributed by atoms with E-state index in [2.05, 4.69) is 193 Å². The van der Waals surface area contributed by atoms with E-state index >= 15 is 0 Å². The standard InChI is InChI=1S/C45H34N2S/c1-45(2)39-18-10-12-20-43(39)48-44-30-36(26-27-40(44)45)46(33-13-5-3-6-14-33)35-24-21-31(22-25-35)32-23-28-42-38(29-32)37-17-9-11-19-41(37)47(42)34-15-7-4-8-16-34/h3-30H,1-2H3. The van der Waals surface area contributed by atoms with Crippen LogP contribution in [-0.2, 0) is 5.41 Å². The van der Waals surface area contributed by atoms with Crippen molar-refractivity contribution in [3.05, 3.63) is 181 Å².